The second kappa shape index (κ2) is 5.10. The van der Waals surface area contributed by atoms with Crippen molar-refractivity contribution in [2.75, 3.05) is 20.1 Å². The van der Waals surface area contributed by atoms with Gasteiger partial charge < -0.3 is 10.1 Å². The van der Waals surface area contributed by atoms with Gasteiger partial charge >= 0.3 is 0 Å². The smallest absolute Gasteiger partial charge is 0.0760 e. The van der Waals surface area contributed by atoms with Crippen LogP contribution in [0.5, 0.6) is 0 Å². The molecule has 0 unspecified atom stereocenters. The molecule has 1 aliphatic heterocycles. The number of rotatable bonds is 2. The minimum atomic E-state index is -0.0123. The first-order valence-electron chi connectivity index (χ1n) is 7.43. The van der Waals surface area contributed by atoms with Crippen LogP contribution in [0.2, 0.25) is 0 Å². The molecule has 1 N–H and O–H groups in total. The topological polar surface area (TPSA) is 24.5 Å². The van der Waals surface area contributed by atoms with Crippen molar-refractivity contribution in [3.8, 4) is 0 Å². The summed E-state index contributed by atoms with van der Waals surface area (Å²) < 4.78 is 6.17. The van der Waals surface area contributed by atoms with Crippen molar-refractivity contribution in [1.82, 2.24) is 10.2 Å². The van der Waals surface area contributed by atoms with Crippen LogP contribution in [-0.2, 0) is 4.74 Å². The number of ether oxygens (including phenoxy) is 1. The Kier molecular flexibility index (Phi) is 4.05. The Morgan fingerprint density at radius 3 is 1.89 bits per heavy atom. The second-order valence-electron chi connectivity index (χ2n) is 7.32. The largest absolute Gasteiger partial charge is 0.367 e. The number of nitrogens with zero attached hydrogens (tertiary/aromatic N) is 1. The molecule has 3 heteroatoms. The Labute approximate surface area is 112 Å². The summed E-state index contributed by atoms with van der Waals surface area (Å²) in [5, 5.41) is 3.42. The third-order valence-corrected chi connectivity index (χ3v) is 4.34. The lowest BCUT2D eigenvalue weighted by molar-refractivity contribution is -0.189. The lowest BCUT2D eigenvalue weighted by atomic mass is 9.87. The van der Waals surface area contributed by atoms with Crippen LogP contribution in [0.3, 0.4) is 0 Å². The van der Waals surface area contributed by atoms with Gasteiger partial charge in [0.15, 0.2) is 0 Å². The molecule has 2 fully saturated rings. The van der Waals surface area contributed by atoms with E-state index >= 15 is 0 Å². The first-order valence-corrected chi connectivity index (χ1v) is 7.43. The van der Waals surface area contributed by atoms with Gasteiger partial charge in [0.2, 0.25) is 0 Å². The summed E-state index contributed by atoms with van der Waals surface area (Å²) in [7, 11) is 2.09. The van der Waals surface area contributed by atoms with Crippen LogP contribution in [-0.4, -0.2) is 48.3 Å². The molecule has 1 heterocycles. The molecule has 1 aliphatic carbocycles. The second-order valence-corrected chi connectivity index (χ2v) is 7.32. The van der Waals surface area contributed by atoms with Gasteiger partial charge in [-0.05, 0) is 60.4 Å². The van der Waals surface area contributed by atoms with Gasteiger partial charge in [-0.1, -0.05) is 0 Å². The minimum Gasteiger partial charge on any atom is -0.367 e. The number of morpholine rings is 1. The van der Waals surface area contributed by atoms with Gasteiger partial charge in [0, 0.05) is 25.2 Å². The molecule has 0 radical (unpaired) electrons. The van der Waals surface area contributed by atoms with E-state index in [2.05, 4.69) is 45.0 Å². The Bertz CT molecular complexity index is 264. The summed E-state index contributed by atoms with van der Waals surface area (Å²) in [6.45, 7) is 11.0. The molecule has 2 rings (SSSR count). The molecule has 3 nitrogen and oxygen atoms in total. The van der Waals surface area contributed by atoms with Gasteiger partial charge in [-0.2, -0.15) is 0 Å². The van der Waals surface area contributed by atoms with Crippen molar-refractivity contribution >= 4 is 0 Å². The van der Waals surface area contributed by atoms with Gasteiger partial charge in [0.1, 0.15) is 0 Å². The molecule has 1 saturated heterocycles. The standard InChI is InChI=1S/C15H30N2O/c1-14(2)10-17(11-15(3,4)18-14)13-8-6-12(16-5)7-9-13/h12-13,16H,6-11H2,1-5H3. The maximum Gasteiger partial charge on any atom is 0.0760 e. The zero-order chi connectivity index (χ0) is 13.4. The zero-order valence-corrected chi connectivity index (χ0v) is 12.8. The molecule has 0 amide bonds. The summed E-state index contributed by atoms with van der Waals surface area (Å²) in [6.07, 6.45) is 5.30. The number of hydrogen-bond donors (Lipinski definition) is 1. The van der Waals surface area contributed by atoms with Crippen LogP contribution in [0, 0.1) is 0 Å². The van der Waals surface area contributed by atoms with Crippen molar-refractivity contribution in [2.24, 2.45) is 0 Å². The predicted molar refractivity (Wildman–Crippen MR) is 75.9 cm³/mol. The first-order chi connectivity index (χ1) is 8.31. The quantitative estimate of drug-likeness (QED) is 0.819. The fourth-order valence-corrected chi connectivity index (χ4v) is 3.83. The molecule has 106 valence electrons. The van der Waals surface area contributed by atoms with E-state index in [-0.39, 0.29) is 11.2 Å². The molecule has 0 aromatic rings. The average molecular weight is 254 g/mol. The van der Waals surface area contributed by atoms with Crippen molar-refractivity contribution in [1.29, 1.82) is 0 Å². The lowest BCUT2D eigenvalue weighted by Gasteiger charge is -2.50. The molecular weight excluding hydrogens is 224 g/mol. The Morgan fingerprint density at radius 1 is 0.944 bits per heavy atom. The third-order valence-electron chi connectivity index (χ3n) is 4.34. The van der Waals surface area contributed by atoms with Gasteiger partial charge in [-0.25, -0.2) is 0 Å². The van der Waals surface area contributed by atoms with Crippen molar-refractivity contribution < 1.29 is 4.74 Å². The molecule has 2 aliphatic rings. The van der Waals surface area contributed by atoms with Gasteiger partial charge in [0.05, 0.1) is 11.2 Å². The average Bonchev–Trinajstić information content (AvgIpc) is 2.25. The van der Waals surface area contributed by atoms with Crippen LogP contribution in [0.15, 0.2) is 0 Å². The molecule has 0 atom stereocenters. The Hall–Kier alpha value is -0.120. The molecule has 1 saturated carbocycles. The minimum absolute atomic E-state index is 0.0123. The third kappa shape index (κ3) is 3.46. The summed E-state index contributed by atoms with van der Waals surface area (Å²) in [5.41, 5.74) is -0.0246. The van der Waals surface area contributed by atoms with Crippen LogP contribution in [0.1, 0.15) is 53.4 Å². The highest BCUT2D eigenvalue weighted by molar-refractivity contribution is 4.93. The molecule has 0 bridgehead atoms. The Balaban J connectivity index is 1.96. The van der Waals surface area contributed by atoms with Crippen LogP contribution in [0.25, 0.3) is 0 Å². The lowest BCUT2D eigenvalue weighted by Crippen LogP contribution is -2.60. The van der Waals surface area contributed by atoms with Crippen molar-refractivity contribution in [2.45, 2.75) is 76.7 Å². The first kappa shape index (κ1) is 14.3. The summed E-state index contributed by atoms with van der Waals surface area (Å²) in [6, 6.07) is 1.50. The Morgan fingerprint density at radius 2 is 1.44 bits per heavy atom. The van der Waals surface area contributed by atoms with E-state index in [4.69, 9.17) is 4.74 Å². The van der Waals surface area contributed by atoms with Gasteiger partial charge in [0.25, 0.3) is 0 Å². The normalized spacial score (nSPS) is 36.5. The van der Waals surface area contributed by atoms with Gasteiger partial charge in [-0.3, -0.25) is 4.90 Å². The maximum atomic E-state index is 6.17. The fraction of sp³-hybridized carbons (Fsp3) is 1.00. The van der Waals surface area contributed by atoms with E-state index in [0.717, 1.165) is 25.2 Å². The van der Waals surface area contributed by atoms with Crippen LogP contribution in [0.4, 0.5) is 0 Å². The zero-order valence-electron chi connectivity index (χ0n) is 12.8. The van der Waals surface area contributed by atoms with E-state index in [1.54, 1.807) is 0 Å². The van der Waals surface area contributed by atoms with E-state index in [1.807, 2.05) is 0 Å². The van der Waals surface area contributed by atoms with Crippen LogP contribution < -0.4 is 5.32 Å². The molecule has 0 aromatic carbocycles. The number of hydrogen-bond acceptors (Lipinski definition) is 3. The van der Waals surface area contributed by atoms with E-state index in [9.17, 15) is 0 Å². The highest BCUT2D eigenvalue weighted by Gasteiger charge is 2.40. The molecule has 0 spiro atoms. The van der Waals surface area contributed by atoms with E-state index in [1.165, 1.54) is 25.7 Å². The molecule has 18 heavy (non-hydrogen) atoms. The molecule has 0 aromatic heterocycles. The monoisotopic (exact) mass is 254 g/mol. The summed E-state index contributed by atoms with van der Waals surface area (Å²) >= 11 is 0. The fourth-order valence-electron chi connectivity index (χ4n) is 3.83. The summed E-state index contributed by atoms with van der Waals surface area (Å²) in [5.74, 6) is 0. The SMILES string of the molecule is CNC1CCC(N2CC(C)(C)OC(C)(C)C2)CC1. The highest BCUT2D eigenvalue weighted by atomic mass is 16.5. The van der Waals surface area contributed by atoms with E-state index < -0.39 is 0 Å². The van der Waals surface area contributed by atoms with Gasteiger partial charge in [-0.15, -0.1) is 0 Å². The maximum absolute atomic E-state index is 6.17. The van der Waals surface area contributed by atoms with Crippen molar-refractivity contribution in [3.63, 3.8) is 0 Å². The summed E-state index contributed by atoms with van der Waals surface area (Å²) in [4.78, 5) is 2.68. The highest BCUT2D eigenvalue weighted by Crippen LogP contribution is 2.33. The number of nitrogens with one attached hydrogen (secondary N) is 1. The van der Waals surface area contributed by atoms with Crippen LogP contribution >= 0.6 is 0 Å². The predicted octanol–water partition coefficient (Wildman–Crippen LogP) is 2.41. The van der Waals surface area contributed by atoms with E-state index in [0.29, 0.717) is 0 Å². The molecular formula is C15H30N2O. The van der Waals surface area contributed by atoms with Crippen molar-refractivity contribution in [3.05, 3.63) is 0 Å².